The molecule has 1 aliphatic rings. The van der Waals surface area contributed by atoms with E-state index in [0.717, 1.165) is 17.5 Å². The number of rotatable bonds is 2. The van der Waals surface area contributed by atoms with Gasteiger partial charge in [0.1, 0.15) is 0 Å². The molecule has 0 aromatic heterocycles. The van der Waals surface area contributed by atoms with Crippen LogP contribution in [0.25, 0.3) is 41.1 Å². The first-order valence-corrected chi connectivity index (χ1v) is 15.9. The van der Waals surface area contributed by atoms with Gasteiger partial charge in [-0.15, -0.1) is 24.3 Å². The van der Waals surface area contributed by atoms with E-state index in [1.165, 1.54) is 34.1 Å². The molecule has 0 fully saturated rings. The van der Waals surface area contributed by atoms with Crippen molar-refractivity contribution in [2.75, 3.05) is 0 Å². The van der Waals surface area contributed by atoms with E-state index in [1.807, 2.05) is 97.1 Å². The van der Waals surface area contributed by atoms with Crippen molar-refractivity contribution in [2.24, 2.45) is 0 Å². The van der Waals surface area contributed by atoms with Crippen LogP contribution in [0.2, 0.25) is 0 Å². The van der Waals surface area contributed by atoms with Gasteiger partial charge in [-0.05, 0) is 28.3 Å². The Morgan fingerprint density at radius 3 is 1.13 bits per heavy atom. The van der Waals surface area contributed by atoms with Gasteiger partial charge in [0.15, 0.2) is 0 Å². The molecular weight excluding hydrogens is 855 g/mol. The molecule has 0 saturated carbocycles. The summed E-state index contributed by atoms with van der Waals surface area (Å²) in [6.45, 7) is 20.2. The number of benzene rings is 7. The first-order valence-electron chi connectivity index (χ1n) is 15.9. The molecule has 3 heteroatoms. The van der Waals surface area contributed by atoms with Crippen molar-refractivity contribution in [1.29, 1.82) is 0 Å². The molecule has 0 N–H and O–H groups in total. The minimum atomic E-state index is 0. The van der Waals surface area contributed by atoms with Crippen molar-refractivity contribution in [2.45, 2.75) is 6.42 Å². The SMILES string of the molecule is C1=Cc2ccccc2C1.[CH-]=CC=[CH-].[CH-]=c1ccccc1=[CH-].[Y].[Y].[Y].[c-]1ccccc1-c1[c-]cccc1.c1ccc2ccccc2c1.c1ccccc1. The van der Waals surface area contributed by atoms with Crippen molar-refractivity contribution in [1.82, 2.24) is 0 Å². The third kappa shape index (κ3) is 20.3. The summed E-state index contributed by atoms with van der Waals surface area (Å²) in [4.78, 5) is 0. The van der Waals surface area contributed by atoms with Crippen LogP contribution >= 0.6 is 0 Å². The van der Waals surface area contributed by atoms with Crippen LogP contribution in [0.1, 0.15) is 11.1 Å². The van der Waals surface area contributed by atoms with Crippen LogP contribution < -0.4 is 10.4 Å². The van der Waals surface area contributed by atoms with Crippen LogP contribution in [-0.4, -0.2) is 0 Å². The third-order valence-electron chi connectivity index (χ3n) is 6.83. The molecule has 8 rings (SSSR count). The van der Waals surface area contributed by atoms with Gasteiger partial charge in [-0.1, -0.05) is 121 Å². The molecule has 0 aliphatic heterocycles. The Morgan fingerprint density at radius 1 is 0.423 bits per heavy atom. The van der Waals surface area contributed by atoms with Crippen molar-refractivity contribution in [3.63, 3.8) is 0 Å². The van der Waals surface area contributed by atoms with Gasteiger partial charge in [0.25, 0.3) is 0 Å². The van der Waals surface area contributed by atoms with Crippen LogP contribution in [-0.2, 0) is 105 Å². The summed E-state index contributed by atoms with van der Waals surface area (Å²) in [5.41, 5.74) is 5.03. The van der Waals surface area contributed by atoms with E-state index in [4.69, 9.17) is 26.3 Å². The zero-order valence-electron chi connectivity index (χ0n) is 29.4. The van der Waals surface area contributed by atoms with Crippen LogP contribution in [0.4, 0.5) is 0 Å². The summed E-state index contributed by atoms with van der Waals surface area (Å²) in [7, 11) is 0. The molecule has 3 radical (unpaired) electrons. The third-order valence-corrected chi connectivity index (χ3v) is 6.83. The Kier molecular flexibility index (Phi) is 29.8. The Hall–Kier alpha value is -2.93. The Balaban J connectivity index is 0.000000609. The summed E-state index contributed by atoms with van der Waals surface area (Å²) in [6.07, 6.45) is 8.05. The Morgan fingerprint density at radius 2 is 0.788 bits per heavy atom. The van der Waals surface area contributed by atoms with Crippen LogP contribution in [0.3, 0.4) is 0 Å². The molecule has 0 heterocycles. The van der Waals surface area contributed by atoms with Crippen LogP contribution in [0.15, 0.2) is 200 Å². The zero-order valence-corrected chi connectivity index (χ0v) is 37.9. The van der Waals surface area contributed by atoms with E-state index in [9.17, 15) is 0 Å². The first kappa shape index (κ1) is 49.1. The number of fused-ring (bicyclic) bond motifs is 2. The van der Waals surface area contributed by atoms with E-state index >= 15 is 0 Å². The molecule has 0 nitrogen and oxygen atoms in total. The normalized spacial score (nSPS) is 9.23. The Labute approximate surface area is 387 Å². The summed E-state index contributed by atoms with van der Waals surface area (Å²) in [5, 5.41) is 3.91. The van der Waals surface area contributed by atoms with Gasteiger partial charge in [-0.3, -0.25) is 13.2 Å². The molecule has 1 aliphatic carbocycles. The van der Waals surface area contributed by atoms with Gasteiger partial charge in [0.2, 0.25) is 0 Å². The summed E-state index contributed by atoms with van der Waals surface area (Å²) >= 11 is 0. The molecule has 0 bridgehead atoms. The maximum absolute atomic E-state index is 5.39. The summed E-state index contributed by atoms with van der Waals surface area (Å²) in [5.74, 6) is 0. The standard InChI is InChI=1S/C12H8.C10H8.C9H8.C8H6.C6H6.C4H4.3Y/c1-3-7-11(8-4-1)12-9-5-2-6-10-12;1-2-6-10-8-4-3-7-9(10)5-1;1-2-5-9-7-3-6-8(9)4-1;1-7-5-3-4-6-8(7)2;1-2-4-6-5-3-1;1-3-4-2;;;/h1-7,9H;1-8H;1-6H,7H2;1-6H;1-6H;1-4H;;;/q-2;;;-2;;-2;;;. The van der Waals surface area contributed by atoms with Crippen LogP contribution in [0, 0.1) is 25.3 Å². The molecule has 0 spiro atoms. The van der Waals surface area contributed by atoms with Crippen molar-refractivity contribution in [3.05, 3.63) is 247 Å². The molecular formula is C49H40Y3-6. The van der Waals surface area contributed by atoms with E-state index in [0.29, 0.717) is 10.4 Å². The fourth-order valence-corrected chi connectivity index (χ4v) is 4.35. The second-order valence-electron chi connectivity index (χ2n) is 10.4. The Bertz CT molecular complexity index is 1890. The maximum Gasteiger partial charge on any atom is 0 e. The van der Waals surface area contributed by atoms with Gasteiger partial charge in [0.05, 0.1) is 0 Å². The van der Waals surface area contributed by atoms with E-state index < -0.39 is 0 Å². The molecule has 0 saturated heterocycles. The predicted octanol–water partition coefficient (Wildman–Crippen LogP) is 11.0. The van der Waals surface area contributed by atoms with Crippen LogP contribution in [0.5, 0.6) is 0 Å². The van der Waals surface area contributed by atoms with Gasteiger partial charge in [0, 0.05) is 98.1 Å². The van der Waals surface area contributed by atoms with E-state index in [1.54, 1.807) is 12.1 Å². The van der Waals surface area contributed by atoms with Crippen molar-refractivity contribution < 1.29 is 98.1 Å². The molecule has 251 valence electrons. The number of hydrogen-bond acceptors (Lipinski definition) is 0. The fraction of sp³-hybridized carbons (Fsp3) is 0.0204. The topological polar surface area (TPSA) is 0 Å². The van der Waals surface area contributed by atoms with Crippen molar-refractivity contribution >= 4 is 30.0 Å². The van der Waals surface area contributed by atoms with Gasteiger partial charge >= 0.3 is 0 Å². The second-order valence-corrected chi connectivity index (χ2v) is 10.4. The molecule has 7 aromatic rings. The average molecular weight is 896 g/mol. The van der Waals surface area contributed by atoms with Gasteiger partial charge < -0.3 is 35.7 Å². The monoisotopic (exact) mass is 895 g/mol. The van der Waals surface area contributed by atoms with Gasteiger partial charge in [-0.2, -0.15) is 48.5 Å². The molecule has 7 aromatic carbocycles. The smallest absolute Gasteiger partial charge is 0 e. The summed E-state index contributed by atoms with van der Waals surface area (Å²) in [6, 6.07) is 66.6. The maximum atomic E-state index is 5.39. The van der Waals surface area contributed by atoms with Crippen molar-refractivity contribution in [3.8, 4) is 11.1 Å². The van der Waals surface area contributed by atoms with Gasteiger partial charge in [-0.25, -0.2) is 23.3 Å². The average Bonchev–Trinajstić information content (AvgIpc) is 3.68. The number of hydrogen-bond donors (Lipinski definition) is 0. The quantitative estimate of drug-likeness (QED) is 0.120. The fourth-order valence-electron chi connectivity index (χ4n) is 4.35. The molecule has 0 atom stereocenters. The first-order chi connectivity index (χ1) is 24.1. The minimum Gasteiger partial charge on any atom is -0.394 e. The summed E-state index contributed by atoms with van der Waals surface area (Å²) < 4.78 is 0. The number of allylic oxidation sites excluding steroid dienone is 3. The second kappa shape index (κ2) is 31.6. The van der Waals surface area contributed by atoms with E-state index in [-0.39, 0.29) is 98.1 Å². The zero-order chi connectivity index (χ0) is 34.8. The minimum absolute atomic E-state index is 0. The largest absolute Gasteiger partial charge is 0.394 e. The predicted molar refractivity (Wildman–Crippen MR) is 211 cm³/mol. The van der Waals surface area contributed by atoms with E-state index in [2.05, 4.69) is 97.1 Å². The molecule has 0 unspecified atom stereocenters. The molecule has 0 amide bonds. The molecule has 52 heavy (non-hydrogen) atoms.